The topological polar surface area (TPSA) is 93.4 Å². The molecule has 1 aromatic heterocycles. The zero-order chi connectivity index (χ0) is 20.8. The van der Waals surface area contributed by atoms with E-state index in [1.54, 1.807) is 20.3 Å². The molecule has 1 unspecified atom stereocenters. The zero-order valence-corrected chi connectivity index (χ0v) is 16.9. The van der Waals surface area contributed by atoms with Crippen LogP contribution in [0.4, 0.5) is 5.69 Å². The number of fused-ring (bicyclic) bond motifs is 3. The summed E-state index contributed by atoms with van der Waals surface area (Å²) < 4.78 is 10.9. The molecule has 0 saturated heterocycles. The quantitative estimate of drug-likeness (QED) is 0.430. The molecule has 0 fully saturated rings. The first-order chi connectivity index (χ1) is 14.6. The number of aliphatic hydroxyl groups is 1. The lowest BCUT2D eigenvalue weighted by Gasteiger charge is -2.15. The molecule has 0 aliphatic heterocycles. The van der Waals surface area contributed by atoms with Crippen LogP contribution < -0.4 is 15.2 Å². The molecule has 0 spiro atoms. The maximum atomic E-state index is 9.53. The highest BCUT2D eigenvalue weighted by Crippen LogP contribution is 2.48. The summed E-state index contributed by atoms with van der Waals surface area (Å²) in [6.07, 6.45) is 7.14. The number of rotatable bonds is 4. The van der Waals surface area contributed by atoms with Crippen molar-refractivity contribution in [2.75, 3.05) is 20.0 Å². The number of allylic oxidation sites excluding steroid dienone is 3. The lowest BCUT2D eigenvalue weighted by molar-refractivity contribution is 0.356. The van der Waals surface area contributed by atoms with Crippen molar-refractivity contribution in [1.82, 2.24) is 10.2 Å². The van der Waals surface area contributed by atoms with Crippen LogP contribution in [-0.2, 0) is 6.42 Å². The van der Waals surface area contributed by atoms with Gasteiger partial charge in [-0.1, -0.05) is 30.3 Å². The largest absolute Gasteiger partial charge is 0.508 e. The van der Waals surface area contributed by atoms with Crippen LogP contribution in [0.15, 0.2) is 54.3 Å². The van der Waals surface area contributed by atoms with Crippen molar-refractivity contribution in [3.8, 4) is 34.0 Å². The van der Waals surface area contributed by atoms with E-state index in [-0.39, 0.29) is 5.92 Å². The van der Waals surface area contributed by atoms with Crippen LogP contribution in [0.5, 0.6) is 11.5 Å². The Labute approximate surface area is 174 Å². The Balaban J connectivity index is 1.49. The van der Waals surface area contributed by atoms with E-state index in [4.69, 9.17) is 15.2 Å². The Morgan fingerprint density at radius 2 is 1.93 bits per heavy atom. The minimum Gasteiger partial charge on any atom is -0.508 e. The van der Waals surface area contributed by atoms with Gasteiger partial charge in [0.2, 0.25) is 0 Å². The highest BCUT2D eigenvalue weighted by Gasteiger charge is 2.30. The monoisotopic (exact) mass is 401 g/mol. The first kappa shape index (κ1) is 18.4. The molecule has 0 saturated carbocycles. The highest BCUT2D eigenvalue weighted by atomic mass is 16.5. The number of aromatic nitrogens is 2. The number of aliphatic hydroxyl groups excluding tert-OH is 1. The normalized spacial score (nSPS) is 16.7. The zero-order valence-electron chi connectivity index (χ0n) is 16.9. The summed E-state index contributed by atoms with van der Waals surface area (Å²) in [6.45, 7) is 0. The van der Waals surface area contributed by atoms with E-state index in [9.17, 15) is 5.11 Å². The van der Waals surface area contributed by atoms with Crippen LogP contribution >= 0.6 is 0 Å². The molecule has 6 nitrogen and oxygen atoms in total. The van der Waals surface area contributed by atoms with E-state index >= 15 is 0 Å². The van der Waals surface area contributed by atoms with Gasteiger partial charge in [-0.15, -0.1) is 0 Å². The van der Waals surface area contributed by atoms with Crippen molar-refractivity contribution < 1.29 is 14.6 Å². The van der Waals surface area contributed by atoms with Crippen LogP contribution in [0.25, 0.3) is 22.5 Å². The first-order valence-corrected chi connectivity index (χ1v) is 9.89. The fourth-order valence-electron chi connectivity index (χ4n) is 4.39. The number of aromatic amines is 1. The second-order valence-electron chi connectivity index (χ2n) is 7.61. The van der Waals surface area contributed by atoms with E-state index in [0.29, 0.717) is 29.4 Å². The molecule has 30 heavy (non-hydrogen) atoms. The van der Waals surface area contributed by atoms with Crippen LogP contribution in [-0.4, -0.2) is 29.5 Å². The summed E-state index contributed by atoms with van der Waals surface area (Å²) in [5, 5.41) is 17.3. The molecule has 3 aromatic rings. The molecule has 6 heteroatoms. The summed E-state index contributed by atoms with van der Waals surface area (Å²) >= 11 is 0. The van der Waals surface area contributed by atoms with Gasteiger partial charge in [0, 0.05) is 29.0 Å². The van der Waals surface area contributed by atoms with Crippen molar-refractivity contribution in [1.29, 1.82) is 0 Å². The molecule has 0 amide bonds. The van der Waals surface area contributed by atoms with Gasteiger partial charge < -0.3 is 20.3 Å². The smallest absolute Gasteiger partial charge is 0.184 e. The maximum Gasteiger partial charge on any atom is 0.184 e. The Kier molecular flexibility index (Phi) is 4.28. The summed E-state index contributed by atoms with van der Waals surface area (Å²) in [7, 11) is 3.21. The van der Waals surface area contributed by atoms with Crippen LogP contribution in [0.1, 0.15) is 29.0 Å². The average Bonchev–Trinajstić information content (AvgIpc) is 3.34. The number of anilines is 1. The Morgan fingerprint density at radius 1 is 1.13 bits per heavy atom. The van der Waals surface area contributed by atoms with E-state index in [0.717, 1.165) is 40.1 Å². The number of hydrogen-bond donors (Lipinski definition) is 3. The van der Waals surface area contributed by atoms with Gasteiger partial charge in [-0.3, -0.25) is 5.10 Å². The molecule has 152 valence electrons. The summed E-state index contributed by atoms with van der Waals surface area (Å²) in [5.74, 6) is 1.80. The third kappa shape index (κ3) is 2.76. The number of nitrogens with zero attached hydrogens (tertiary/aromatic N) is 1. The van der Waals surface area contributed by atoms with Crippen molar-refractivity contribution in [2.24, 2.45) is 0 Å². The van der Waals surface area contributed by atoms with Gasteiger partial charge in [-0.05, 0) is 35.8 Å². The SMILES string of the molecule is COc1cc2c(c(N)c1OC)Cc1c(-c3ccc(C4C=CC(O)=CC4)cc3)n[nH]c1-2. The molecule has 1 heterocycles. The number of nitrogens with two attached hydrogens (primary N) is 1. The molecule has 2 aliphatic carbocycles. The molecular formula is C24H23N3O3. The van der Waals surface area contributed by atoms with Crippen LogP contribution in [0.2, 0.25) is 0 Å². The summed E-state index contributed by atoms with van der Waals surface area (Å²) in [5.41, 5.74) is 14.4. The Bertz CT molecular complexity index is 1190. The fourth-order valence-corrected chi connectivity index (χ4v) is 4.39. The first-order valence-electron chi connectivity index (χ1n) is 9.89. The van der Waals surface area contributed by atoms with Gasteiger partial charge in [-0.25, -0.2) is 0 Å². The van der Waals surface area contributed by atoms with Gasteiger partial charge in [-0.2, -0.15) is 5.10 Å². The van der Waals surface area contributed by atoms with Crippen molar-refractivity contribution in [3.63, 3.8) is 0 Å². The average molecular weight is 401 g/mol. The predicted octanol–water partition coefficient (Wildman–Crippen LogP) is 4.73. The molecule has 0 bridgehead atoms. The number of nitrogens with one attached hydrogen (secondary N) is 1. The third-order valence-corrected chi connectivity index (χ3v) is 6.00. The second-order valence-corrected chi connectivity index (χ2v) is 7.61. The number of H-pyrrole nitrogens is 1. The standard InChI is InChI=1S/C24H23N3O3/c1-29-20-12-18-17(21(25)24(20)30-2)11-19-22(26-27-23(18)19)15-5-3-13(4-6-15)14-7-9-16(28)10-8-14/h3-7,9-10,12,14,28H,8,11,25H2,1-2H3,(H,26,27). The van der Waals surface area contributed by atoms with E-state index in [1.807, 2.05) is 18.2 Å². The fraction of sp³-hybridized carbons (Fsp3) is 0.208. The van der Waals surface area contributed by atoms with Crippen molar-refractivity contribution >= 4 is 5.69 Å². The molecule has 2 aromatic carbocycles. The van der Waals surface area contributed by atoms with Gasteiger partial charge in [0.1, 0.15) is 5.76 Å². The van der Waals surface area contributed by atoms with Crippen molar-refractivity contribution in [3.05, 3.63) is 71.0 Å². The lowest BCUT2D eigenvalue weighted by atomic mass is 9.91. The number of methoxy groups -OCH3 is 2. The van der Waals surface area contributed by atoms with Crippen LogP contribution in [0, 0.1) is 0 Å². The van der Waals surface area contributed by atoms with Crippen LogP contribution in [0.3, 0.4) is 0 Å². The van der Waals surface area contributed by atoms with E-state index in [1.165, 1.54) is 5.56 Å². The number of nitrogen functional groups attached to an aromatic ring is 1. The minimum absolute atomic E-state index is 0.281. The minimum atomic E-state index is 0.281. The number of benzene rings is 2. The molecular weight excluding hydrogens is 378 g/mol. The molecule has 0 radical (unpaired) electrons. The highest BCUT2D eigenvalue weighted by molar-refractivity contribution is 5.88. The Morgan fingerprint density at radius 3 is 2.60 bits per heavy atom. The molecule has 4 N–H and O–H groups in total. The lowest BCUT2D eigenvalue weighted by Crippen LogP contribution is -2.01. The predicted molar refractivity (Wildman–Crippen MR) is 117 cm³/mol. The molecule has 5 rings (SSSR count). The van der Waals surface area contributed by atoms with Crippen molar-refractivity contribution in [2.45, 2.75) is 18.8 Å². The van der Waals surface area contributed by atoms with Gasteiger partial charge in [0.25, 0.3) is 0 Å². The van der Waals surface area contributed by atoms with E-state index in [2.05, 4.69) is 34.5 Å². The van der Waals surface area contributed by atoms with Gasteiger partial charge in [0.15, 0.2) is 11.5 Å². The summed E-state index contributed by atoms with van der Waals surface area (Å²) in [6, 6.07) is 10.4. The second kappa shape index (κ2) is 6.99. The maximum absolute atomic E-state index is 9.53. The third-order valence-electron chi connectivity index (χ3n) is 6.00. The molecule has 2 aliphatic rings. The summed E-state index contributed by atoms with van der Waals surface area (Å²) in [4.78, 5) is 0. The van der Waals surface area contributed by atoms with Gasteiger partial charge >= 0.3 is 0 Å². The van der Waals surface area contributed by atoms with E-state index < -0.39 is 0 Å². The molecule has 1 atom stereocenters. The number of ether oxygens (including phenoxy) is 2. The number of hydrogen-bond acceptors (Lipinski definition) is 5. The Hall–Kier alpha value is -3.67. The van der Waals surface area contributed by atoms with Gasteiger partial charge in [0.05, 0.1) is 31.3 Å².